The van der Waals surface area contributed by atoms with Crippen molar-refractivity contribution in [3.05, 3.63) is 56.9 Å². The fraction of sp³-hybridized carbons (Fsp3) is 0.500. The van der Waals surface area contributed by atoms with Crippen molar-refractivity contribution in [3.63, 3.8) is 0 Å². The predicted octanol–water partition coefficient (Wildman–Crippen LogP) is 0.789. The number of benzene rings is 1. The smallest absolute Gasteiger partial charge is 0.330 e. The van der Waals surface area contributed by atoms with Gasteiger partial charge in [0.05, 0.1) is 6.26 Å². The number of hydrogen-bond acceptors (Lipinski definition) is 6. The van der Waals surface area contributed by atoms with Crippen LogP contribution in [0.25, 0.3) is 0 Å². The number of hydrogen-bond donors (Lipinski definition) is 1. The molecule has 1 heterocycles. The van der Waals surface area contributed by atoms with E-state index in [-0.39, 0.29) is 11.2 Å². The molecule has 1 aromatic heterocycles. The zero-order valence-electron chi connectivity index (χ0n) is 17.9. The van der Waals surface area contributed by atoms with Crippen molar-refractivity contribution in [2.75, 3.05) is 37.2 Å². The normalized spacial score (nSPS) is 11.6. The molecule has 0 radical (unpaired) electrons. The van der Waals surface area contributed by atoms with E-state index in [0.717, 1.165) is 23.8 Å². The first-order valence-corrected chi connectivity index (χ1v) is 11.7. The number of rotatable bonds is 11. The van der Waals surface area contributed by atoms with Crippen molar-refractivity contribution < 1.29 is 13.2 Å². The van der Waals surface area contributed by atoms with Gasteiger partial charge in [0.15, 0.2) is 0 Å². The molecular weight excluding hydrogens is 408 g/mol. The maximum Gasteiger partial charge on any atom is 0.330 e. The highest BCUT2D eigenvalue weighted by molar-refractivity contribution is 7.92. The van der Waals surface area contributed by atoms with Gasteiger partial charge in [-0.1, -0.05) is 6.92 Å². The quantitative estimate of drug-likeness (QED) is 0.556. The van der Waals surface area contributed by atoms with Crippen molar-refractivity contribution in [3.8, 4) is 5.75 Å². The van der Waals surface area contributed by atoms with Gasteiger partial charge in [-0.05, 0) is 37.2 Å². The Labute approximate surface area is 177 Å². The summed E-state index contributed by atoms with van der Waals surface area (Å²) in [5.41, 5.74) is 0.570. The molecule has 0 aliphatic heterocycles. The molecule has 0 aliphatic rings. The first-order chi connectivity index (χ1) is 14.1. The molecule has 10 heteroatoms. The largest absolute Gasteiger partial charge is 0.492 e. The van der Waals surface area contributed by atoms with Gasteiger partial charge in [0, 0.05) is 51.1 Å². The Kier molecular flexibility index (Phi) is 8.24. The van der Waals surface area contributed by atoms with E-state index in [4.69, 9.17) is 4.74 Å². The Hall–Kier alpha value is -2.59. The molecular formula is C20H30N4O5S. The summed E-state index contributed by atoms with van der Waals surface area (Å²) in [5, 5.41) is 0. The topological polar surface area (TPSA) is 103 Å². The second kappa shape index (κ2) is 10.4. The van der Waals surface area contributed by atoms with Gasteiger partial charge >= 0.3 is 5.69 Å². The minimum atomic E-state index is -3.30. The van der Waals surface area contributed by atoms with Crippen LogP contribution in [0.2, 0.25) is 0 Å². The van der Waals surface area contributed by atoms with Gasteiger partial charge in [-0.25, -0.2) is 13.2 Å². The van der Waals surface area contributed by atoms with Crippen LogP contribution in [0, 0.1) is 0 Å². The second-order valence-corrected chi connectivity index (χ2v) is 8.96. The molecule has 0 saturated carbocycles. The minimum Gasteiger partial charge on any atom is -0.492 e. The van der Waals surface area contributed by atoms with E-state index in [1.807, 2.05) is 0 Å². The van der Waals surface area contributed by atoms with Crippen molar-refractivity contribution >= 4 is 15.7 Å². The van der Waals surface area contributed by atoms with Gasteiger partial charge in [0.25, 0.3) is 5.56 Å². The molecule has 166 valence electrons. The summed E-state index contributed by atoms with van der Waals surface area (Å²) in [4.78, 5) is 26.2. The molecule has 0 spiro atoms. The van der Waals surface area contributed by atoms with Crippen LogP contribution in [-0.2, 0) is 30.5 Å². The fourth-order valence-electron chi connectivity index (χ4n) is 3.07. The highest BCUT2D eigenvalue weighted by Gasteiger charge is 2.10. The second-order valence-electron chi connectivity index (χ2n) is 7.21. The molecule has 0 aliphatic carbocycles. The van der Waals surface area contributed by atoms with Crippen molar-refractivity contribution in [2.24, 2.45) is 14.1 Å². The summed E-state index contributed by atoms with van der Waals surface area (Å²) >= 11 is 0. The SMILES string of the molecule is CCCN(CCOc1ccc(NS(C)(=O)=O)cc1)CCc1cc(=O)n(C)c(=O)n1C. The predicted molar refractivity (Wildman–Crippen MR) is 118 cm³/mol. The van der Waals surface area contributed by atoms with E-state index in [1.54, 1.807) is 31.3 Å². The van der Waals surface area contributed by atoms with Gasteiger partial charge in [0.1, 0.15) is 12.4 Å². The fourth-order valence-corrected chi connectivity index (χ4v) is 3.63. The summed E-state index contributed by atoms with van der Waals surface area (Å²) in [5.74, 6) is 0.652. The Balaban J connectivity index is 1.91. The van der Waals surface area contributed by atoms with Crippen LogP contribution in [-0.4, -0.2) is 54.9 Å². The molecule has 0 amide bonds. The molecule has 2 aromatic rings. The number of ether oxygens (including phenoxy) is 1. The van der Waals surface area contributed by atoms with E-state index in [2.05, 4.69) is 16.5 Å². The Morgan fingerprint density at radius 3 is 2.30 bits per heavy atom. The van der Waals surface area contributed by atoms with E-state index >= 15 is 0 Å². The molecule has 1 N–H and O–H groups in total. The lowest BCUT2D eigenvalue weighted by Gasteiger charge is -2.22. The number of nitrogens with zero attached hydrogens (tertiary/aromatic N) is 3. The van der Waals surface area contributed by atoms with E-state index in [9.17, 15) is 18.0 Å². The van der Waals surface area contributed by atoms with Crippen molar-refractivity contribution in [1.82, 2.24) is 14.0 Å². The summed E-state index contributed by atoms with van der Waals surface area (Å²) in [6.45, 7) is 4.83. The van der Waals surface area contributed by atoms with Crippen molar-refractivity contribution in [1.29, 1.82) is 0 Å². The summed E-state index contributed by atoms with van der Waals surface area (Å²) in [7, 11) is -0.160. The lowest BCUT2D eigenvalue weighted by atomic mass is 10.2. The summed E-state index contributed by atoms with van der Waals surface area (Å²) < 4.78 is 33.3. The maximum atomic E-state index is 12.1. The van der Waals surface area contributed by atoms with Crippen LogP contribution in [0.1, 0.15) is 19.0 Å². The highest BCUT2D eigenvalue weighted by Crippen LogP contribution is 2.16. The zero-order chi connectivity index (χ0) is 22.3. The van der Waals surface area contributed by atoms with E-state index in [1.165, 1.54) is 17.7 Å². The third-order valence-electron chi connectivity index (χ3n) is 4.68. The third-order valence-corrected chi connectivity index (χ3v) is 5.29. The van der Waals surface area contributed by atoms with Crippen LogP contribution in [0.4, 0.5) is 5.69 Å². The molecule has 1 aromatic carbocycles. The molecule has 2 rings (SSSR count). The molecule has 0 fully saturated rings. The zero-order valence-corrected chi connectivity index (χ0v) is 18.7. The lowest BCUT2D eigenvalue weighted by Crippen LogP contribution is -2.39. The van der Waals surface area contributed by atoms with E-state index < -0.39 is 10.0 Å². The Morgan fingerprint density at radius 1 is 1.03 bits per heavy atom. The number of sulfonamides is 1. The van der Waals surface area contributed by atoms with E-state index in [0.29, 0.717) is 43.2 Å². The third kappa shape index (κ3) is 7.03. The standard InChI is InChI=1S/C20H30N4O5S/c1-5-11-24(12-10-17-15-19(25)23(3)20(26)22(17)2)13-14-29-18-8-6-16(7-9-18)21-30(4,27)28/h6-9,15,21H,5,10-14H2,1-4H3. The molecule has 0 bridgehead atoms. The van der Waals surface area contributed by atoms with Crippen LogP contribution >= 0.6 is 0 Å². The van der Waals surface area contributed by atoms with Crippen LogP contribution < -0.4 is 20.7 Å². The monoisotopic (exact) mass is 438 g/mol. The Bertz CT molecular complexity index is 1060. The summed E-state index contributed by atoms with van der Waals surface area (Å²) in [6.07, 6.45) is 2.67. The van der Waals surface area contributed by atoms with Crippen molar-refractivity contribution in [2.45, 2.75) is 19.8 Å². The van der Waals surface area contributed by atoms with Crippen LogP contribution in [0.3, 0.4) is 0 Å². The van der Waals surface area contributed by atoms with Crippen LogP contribution in [0.5, 0.6) is 5.75 Å². The van der Waals surface area contributed by atoms with Crippen LogP contribution in [0.15, 0.2) is 39.9 Å². The molecule has 9 nitrogen and oxygen atoms in total. The average Bonchev–Trinajstić information content (AvgIpc) is 2.68. The number of aromatic nitrogens is 2. The molecule has 0 saturated heterocycles. The average molecular weight is 439 g/mol. The Morgan fingerprint density at radius 2 is 1.70 bits per heavy atom. The first kappa shape index (κ1) is 23.7. The summed E-state index contributed by atoms with van der Waals surface area (Å²) in [6, 6.07) is 8.24. The van der Waals surface area contributed by atoms with Gasteiger partial charge < -0.3 is 9.30 Å². The first-order valence-electron chi connectivity index (χ1n) is 9.79. The number of anilines is 1. The molecule has 0 atom stereocenters. The van der Waals surface area contributed by atoms with Gasteiger partial charge in [-0.15, -0.1) is 0 Å². The maximum absolute atomic E-state index is 12.1. The lowest BCUT2D eigenvalue weighted by molar-refractivity contribution is 0.209. The van der Waals surface area contributed by atoms with Gasteiger partial charge in [-0.2, -0.15) is 0 Å². The van der Waals surface area contributed by atoms with Gasteiger partial charge in [0.2, 0.25) is 10.0 Å². The minimum absolute atomic E-state index is 0.299. The number of nitrogens with one attached hydrogen (secondary N) is 1. The highest BCUT2D eigenvalue weighted by atomic mass is 32.2. The molecule has 30 heavy (non-hydrogen) atoms. The van der Waals surface area contributed by atoms with Gasteiger partial charge in [-0.3, -0.25) is 19.0 Å². The molecule has 0 unspecified atom stereocenters.